The van der Waals surface area contributed by atoms with Crippen LogP contribution in [0.5, 0.6) is 0 Å². The minimum Gasteiger partial charge on any atom is -0.370 e. The third-order valence-corrected chi connectivity index (χ3v) is 7.24. The number of aromatic nitrogens is 1. The van der Waals surface area contributed by atoms with Gasteiger partial charge in [-0.15, -0.1) is 0 Å². The van der Waals surface area contributed by atoms with E-state index in [1.807, 2.05) is 19.9 Å². The molecular formula is C22H31N5O3S. The molecule has 4 rings (SSSR count). The number of H-pyrrole nitrogens is 1. The molecule has 2 heterocycles. The van der Waals surface area contributed by atoms with Gasteiger partial charge in [-0.25, -0.2) is 9.59 Å². The summed E-state index contributed by atoms with van der Waals surface area (Å²) >= 11 is 1.06. The van der Waals surface area contributed by atoms with Gasteiger partial charge in [-0.3, -0.25) is 5.32 Å². The number of aromatic amines is 1. The molecule has 1 aliphatic heterocycles. The predicted octanol–water partition coefficient (Wildman–Crippen LogP) is 4.14. The molecule has 9 heteroatoms. The monoisotopic (exact) mass is 445 g/mol. The number of piperidine rings is 1. The second-order valence-corrected chi connectivity index (χ2v) is 9.03. The van der Waals surface area contributed by atoms with E-state index in [0.29, 0.717) is 25.0 Å². The van der Waals surface area contributed by atoms with Gasteiger partial charge in [0.1, 0.15) is 5.82 Å². The van der Waals surface area contributed by atoms with Crippen LogP contribution in [0.15, 0.2) is 17.0 Å². The number of benzene rings is 1. The van der Waals surface area contributed by atoms with Gasteiger partial charge < -0.3 is 24.3 Å². The quantitative estimate of drug-likeness (QED) is 0.602. The van der Waals surface area contributed by atoms with Gasteiger partial charge in [-0.05, 0) is 64.4 Å². The zero-order valence-electron chi connectivity index (χ0n) is 18.6. The Labute approximate surface area is 187 Å². The fourth-order valence-corrected chi connectivity index (χ4v) is 5.58. The van der Waals surface area contributed by atoms with E-state index < -0.39 is 6.09 Å². The summed E-state index contributed by atoms with van der Waals surface area (Å²) < 4.78 is 5.23. The Morgan fingerprint density at radius 2 is 2.10 bits per heavy atom. The number of amides is 3. The number of likely N-dealkylation sites (tertiary alicyclic amines) is 1. The van der Waals surface area contributed by atoms with Gasteiger partial charge in [-0.1, -0.05) is 0 Å². The molecule has 8 nitrogen and oxygen atoms in total. The van der Waals surface area contributed by atoms with Crippen molar-refractivity contribution in [1.82, 2.24) is 20.1 Å². The lowest BCUT2D eigenvalue weighted by Gasteiger charge is -2.42. The maximum absolute atomic E-state index is 12.8. The fraction of sp³-hybridized carbons (Fsp3) is 0.545. The summed E-state index contributed by atoms with van der Waals surface area (Å²) in [5, 5.41) is 6.79. The molecule has 31 heavy (non-hydrogen) atoms. The molecule has 1 aromatic carbocycles. The molecule has 2 atom stereocenters. The van der Waals surface area contributed by atoms with Crippen molar-refractivity contribution >= 4 is 40.9 Å². The SMILES string of the molecule is CCN(CC)C(=O)Nc1[nH]c2cc(SOC(=O)NC)cc3c2c1C[C@@H]1C3CCCN1C. The molecule has 3 amide bonds. The predicted molar refractivity (Wildman–Crippen MR) is 124 cm³/mol. The molecule has 3 N–H and O–H groups in total. The van der Waals surface area contributed by atoms with Crippen molar-refractivity contribution in [3.63, 3.8) is 0 Å². The molecule has 1 saturated heterocycles. The number of anilines is 1. The van der Waals surface area contributed by atoms with Crippen LogP contribution in [-0.2, 0) is 10.6 Å². The summed E-state index contributed by atoms with van der Waals surface area (Å²) in [5.41, 5.74) is 3.42. The molecule has 0 radical (unpaired) electrons. The number of fused-ring (bicyclic) bond motifs is 2. The summed E-state index contributed by atoms with van der Waals surface area (Å²) in [6, 6.07) is 4.45. The maximum Gasteiger partial charge on any atom is 0.419 e. The minimum absolute atomic E-state index is 0.0916. The number of rotatable bonds is 5. The lowest BCUT2D eigenvalue weighted by molar-refractivity contribution is 0.157. The van der Waals surface area contributed by atoms with E-state index in [1.165, 1.54) is 16.5 Å². The normalized spacial score (nSPS) is 20.3. The lowest BCUT2D eigenvalue weighted by atomic mass is 9.75. The van der Waals surface area contributed by atoms with Gasteiger partial charge in [0, 0.05) is 48.6 Å². The minimum atomic E-state index is -0.478. The van der Waals surface area contributed by atoms with Crippen LogP contribution in [0.4, 0.5) is 15.4 Å². The fourth-order valence-electron chi connectivity index (χ4n) is 4.98. The average molecular weight is 446 g/mol. The smallest absolute Gasteiger partial charge is 0.370 e. The third-order valence-electron chi connectivity index (χ3n) is 6.58. The highest BCUT2D eigenvalue weighted by molar-refractivity contribution is 7.95. The van der Waals surface area contributed by atoms with Crippen molar-refractivity contribution < 1.29 is 13.8 Å². The second kappa shape index (κ2) is 9.00. The molecule has 0 spiro atoms. The van der Waals surface area contributed by atoms with E-state index in [1.54, 1.807) is 11.9 Å². The summed E-state index contributed by atoms with van der Waals surface area (Å²) in [5.74, 6) is 1.20. The van der Waals surface area contributed by atoms with Crippen molar-refractivity contribution in [3.8, 4) is 0 Å². The van der Waals surface area contributed by atoms with Gasteiger partial charge in [-0.2, -0.15) is 0 Å². The zero-order valence-corrected chi connectivity index (χ0v) is 19.4. The topological polar surface area (TPSA) is 89.7 Å². The number of carbonyl (C=O) groups is 2. The lowest BCUT2D eigenvalue weighted by Crippen LogP contribution is -2.44. The highest BCUT2D eigenvalue weighted by Crippen LogP contribution is 2.46. The van der Waals surface area contributed by atoms with Crippen molar-refractivity contribution in [3.05, 3.63) is 23.3 Å². The number of hydrogen-bond acceptors (Lipinski definition) is 5. The Morgan fingerprint density at radius 3 is 2.81 bits per heavy atom. The summed E-state index contributed by atoms with van der Waals surface area (Å²) in [7, 11) is 3.73. The first-order valence-electron chi connectivity index (χ1n) is 11.0. The number of urea groups is 1. The molecule has 1 fully saturated rings. The second-order valence-electron chi connectivity index (χ2n) is 8.22. The summed E-state index contributed by atoms with van der Waals surface area (Å²) in [6.45, 7) is 6.36. The van der Waals surface area contributed by atoms with Crippen LogP contribution in [-0.4, -0.2) is 66.7 Å². The summed E-state index contributed by atoms with van der Waals surface area (Å²) in [4.78, 5) is 32.9. The number of likely N-dealkylation sites (N-methyl/N-ethyl adjacent to an activating group) is 1. The van der Waals surface area contributed by atoms with E-state index in [9.17, 15) is 9.59 Å². The first-order chi connectivity index (χ1) is 15.0. The van der Waals surface area contributed by atoms with Gasteiger partial charge in [0.05, 0.1) is 16.9 Å². The van der Waals surface area contributed by atoms with Crippen LogP contribution in [0.3, 0.4) is 0 Å². The maximum atomic E-state index is 12.8. The van der Waals surface area contributed by atoms with Crippen molar-refractivity contribution in [2.45, 2.75) is 50.0 Å². The van der Waals surface area contributed by atoms with Crippen molar-refractivity contribution in [2.75, 3.05) is 39.0 Å². The van der Waals surface area contributed by atoms with Gasteiger partial charge in [0.15, 0.2) is 0 Å². The average Bonchev–Trinajstić information content (AvgIpc) is 3.11. The van der Waals surface area contributed by atoms with Crippen LogP contribution >= 0.6 is 12.0 Å². The van der Waals surface area contributed by atoms with Crippen LogP contribution < -0.4 is 10.6 Å². The molecule has 1 unspecified atom stereocenters. The molecule has 2 aromatic rings. The summed E-state index contributed by atoms with van der Waals surface area (Å²) in [6.07, 6.45) is 2.73. The Morgan fingerprint density at radius 1 is 1.32 bits per heavy atom. The van der Waals surface area contributed by atoms with E-state index in [0.717, 1.165) is 54.1 Å². The molecule has 2 aliphatic rings. The number of nitrogens with zero attached hydrogens (tertiary/aromatic N) is 2. The zero-order chi connectivity index (χ0) is 22.1. The first kappa shape index (κ1) is 21.8. The number of nitrogens with one attached hydrogen (secondary N) is 3. The molecule has 1 aromatic heterocycles. The first-order valence-corrected chi connectivity index (χ1v) is 11.7. The van der Waals surface area contributed by atoms with Crippen LogP contribution in [0, 0.1) is 0 Å². The van der Waals surface area contributed by atoms with Crippen LogP contribution in [0.25, 0.3) is 10.9 Å². The van der Waals surface area contributed by atoms with E-state index in [4.69, 9.17) is 4.18 Å². The Hall–Kier alpha value is -2.39. The van der Waals surface area contributed by atoms with Crippen LogP contribution in [0.1, 0.15) is 43.7 Å². The largest absolute Gasteiger partial charge is 0.419 e. The number of hydrogen-bond donors (Lipinski definition) is 3. The standard InChI is InChI=1S/C22H31N5O3S/c1-5-27(6-2)21(28)25-20-16-12-18-14(8-7-9-26(18)4)15-10-13(31-30-22(29)23-3)11-17(24-20)19(15)16/h10-11,14,18,24H,5-9,12H2,1-4H3,(H,23,29)(H,25,28)/t14?,18-/m1/s1. The van der Waals surface area contributed by atoms with E-state index in [2.05, 4.69) is 33.6 Å². The van der Waals surface area contributed by atoms with Gasteiger partial charge >= 0.3 is 12.1 Å². The third kappa shape index (κ3) is 4.08. The van der Waals surface area contributed by atoms with Crippen LogP contribution in [0.2, 0.25) is 0 Å². The van der Waals surface area contributed by atoms with Crippen molar-refractivity contribution in [1.29, 1.82) is 0 Å². The highest BCUT2D eigenvalue weighted by atomic mass is 32.2. The Bertz CT molecular complexity index is 987. The number of carbonyl (C=O) groups excluding carboxylic acids is 2. The molecule has 168 valence electrons. The van der Waals surface area contributed by atoms with Gasteiger partial charge in [0.25, 0.3) is 0 Å². The molecule has 0 saturated carbocycles. The molecule has 1 aliphatic carbocycles. The van der Waals surface area contributed by atoms with E-state index >= 15 is 0 Å². The molecular weight excluding hydrogens is 414 g/mol. The van der Waals surface area contributed by atoms with E-state index in [-0.39, 0.29) is 6.03 Å². The van der Waals surface area contributed by atoms with Gasteiger partial charge in [0.2, 0.25) is 0 Å². The Kier molecular flexibility index (Phi) is 6.34. The van der Waals surface area contributed by atoms with Crippen molar-refractivity contribution in [2.24, 2.45) is 0 Å². The molecule has 0 bridgehead atoms. The highest BCUT2D eigenvalue weighted by Gasteiger charge is 2.38. The Balaban J connectivity index is 1.76.